The van der Waals surface area contributed by atoms with Crippen LogP contribution in [0, 0.1) is 5.41 Å². The van der Waals surface area contributed by atoms with Crippen LogP contribution >= 0.6 is 0 Å². The van der Waals surface area contributed by atoms with Gasteiger partial charge >= 0.3 is 0 Å². The Morgan fingerprint density at radius 2 is 1.73 bits per heavy atom. The normalized spacial score (nSPS) is 25.6. The Morgan fingerprint density at radius 3 is 2.20 bits per heavy atom. The maximum absolute atomic E-state index is 6.27. The van der Waals surface area contributed by atoms with Gasteiger partial charge in [-0.2, -0.15) is 0 Å². The van der Waals surface area contributed by atoms with Crippen molar-refractivity contribution < 1.29 is 4.74 Å². The molecule has 0 radical (unpaired) electrons. The number of hydrogen-bond acceptors (Lipinski definition) is 2. The number of nitrogens with zero attached hydrogens (tertiary/aromatic N) is 1. The Morgan fingerprint density at radius 1 is 1.13 bits per heavy atom. The van der Waals surface area contributed by atoms with E-state index in [1.807, 2.05) is 0 Å². The molecule has 0 aromatic carbocycles. The fourth-order valence-corrected chi connectivity index (χ4v) is 1.81. The van der Waals surface area contributed by atoms with Gasteiger partial charge in [0.25, 0.3) is 0 Å². The number of ether oxygens (including phenoxy) is 1. The van der Waals surface area contributed by atoms with Crippen LogP contribution in [0.3, 0.4) is 0 Å². The van der Waals surface area contributed by atoms with E-state index in [4.69, 9.17) is 4.74 Å². The number of likely N-dealkylation sites (tertiary alicyclic amines) is 1. The summed E-state index contributed by atoms with van der Waals surface area (Å²) in [6, 6.07) is 0. The maximum Gasteiger partial charge on any atom is 0.0709 e. The van der Waals surface area contributed by atoms with Crippen LogP contribution in [0.15, 0.2) is 0 Å². The van der Waals surface area contributed by atoms with Crippen LogP contribution in [0.4, 0.5) is 0 Å². The molecule has 1 atom stereocenters. The number of rotatable bonds is 2. The summed E-state index contributed by atoms with van der Waals surface area (Å²) in [5.74, 6) is 0. The molecule has 1 rings (SSSR count). The Kier molecular flexibility index (Phi) is 3.83. The highest BCUT2D eigenvalue weighted by Crippen LogP contribution is 2.35. The first-order chi connectivity index (χ1) is 6.72. The minimum atomic E-state index is -0.0458. The summed E-state index contributed by atoms with van der Waals surface area (Å²) in [5, 5.41) is 0. The molecule has 2 heteroatoms. The quantitative estimate of drug-likeness (QED) is 0.699. The van der Waals surface area contributed by atoms with Crippen LogP contribution in [0.25, 0.3) is 0 Å². The van der Waals surface area contributed by atoms with Crippen LogP contribution in [-0.4, -0.2) is 36.7 Å². The van der Waals surface area contributed by atoms with E-state index in [-0.39, 0.29) is 11.0 Å². The van der Waals surface area contributed by atoms with E-state index in [1.54, 1.807) is 0 Å². The lowest BCUT2D eigenvalue weighted by atomic mass is 9.79. The molecule has 0 bridgehead atoms. The highest BCUT2D eigenvalue weighted by Gasteiger charge is 2.36. The van der Waals surface area contributed by atoms with Crippen molar-refractivity contribution in [3.05, 3.63) is 0 Å². The third-order valence-electron chi connectivity index (χ3n) is 3.85. The lowest BCUT2D eigenvalue weighted by Crippen LogP contribution is -2.47. The van der Waals surface area contributed by atoms with E-state index in [2.05, 4.69) is 46.6 Å². The van der Waals surface area contributed by atoms with Crippen molar-refractivity contribution in [2.75, 3.05) is 20.1 Å². The van der Waals surface area contributed by atoms with Crippen LogP contribution < -0.4 is 0 Å². The van der Waals surface area contributed by atoms with Crippen molar-refractivity contribution in [1.29, 1.82) is 0 Å². The maximum atomic E-state index is 6.27. The predicted octanol–water partition coefficient (Wildman–Crippen LogP) is 2.92. The van der Waals surface area contributed by atoms with Crippen molar-refractivity contribution >= 4 is 0 Å². The Hall–Kier alpha value is -0.0800. The summed E-state index contributed by atoms with van der Waals surface area (Å²) in [6.07, 6.45) is 2.89. The standard InChI is InChI=1S/C13H27NO/c1-12(2,3)13(4,5)15-11-8-7-9-14(6)10-11/h11H,7-10H2,1-6H3. The molecule has 0 aliphatic carbocycles. The summed E-state index contributed by atoms with van der Waals surface area (Å²) in [5.41, 5.74) is 0.152. The number of hydrogen-bond donors (Lipinski definition) is 0. The number of piperidine rings is 1. The topological polar surface area (TPSA) is 12.5 Å². The van der Waals surface area contributed by atoms with Crippen LogP contribution in [0.2, 0.25) is 0 Å². The molecular formula is C13H27NO. The largest absolute Gasteiger partial charge is 0.370 e. The third-order valence-corrected chi connectivity index (χ3v) is 3.85. The van der Waals surface area contributed by atoms with E-state index < -0.39 is 0 Å². The second-order valence-electron chi connectivity index (χ2n) is 6.40. The zero-order valence-electron chi connectivity index (χ0n) is 11.3. The molecule has 1 heterocycles. The summed E-state index contributed by atoms with van der Waals surface area (Å²) in [6.45, 7) is 13.5. The van der Waals surface area contributed by atoms with Crippen molar-refractivity contribution in [3.63, 3.8) is 0 Å². The van der Waals surface area contributed by atoms with Crippen LogP contribution in [-0.2, 0) is 4.74 Å². The van der Waals surface area contributed by atoms with Gasteiger partial charge in [0.1, 0.15) is 0 Å². The molecule has 1 unspecified atom stereocenters. The van der Waals surface area contributed by atoms with Crippen LogP contribution in [0.5, 0.6) is 0 Å². The zero-order valence-corrected chi connectivity index (χ0v) is 11.3. The highest BCUT2D eigenvalue weighted by atomic mass is 16.5. The highest BCUT2D eigenvalue weighted by molar-refractivity contribution is 4.86. The van der Waals surface area contributed by atoms with Gasteiger partial charge in [0, 0.05) is 6.54 Å². The molecule has 1 saturated heterocycles. The monoisotopic (exact) mass is 213 g/mol. The van der Waals surface area contributed by atoms with Crippen molar-refractivity contribution in [2.24, 2.45) is 5.41 Å². The van der Waals surface area contributed by atoms with Crippen molar-refractivity contribution in [3.8, 4) is 0 Å². The molecule has 0 saturated carbocycles. The van der Waals surface area contributed by atoms with Gasteiger partial charge in [-0.1, -0.05) is 20.8 Å². The average molecular weight is 213 g/mol. The first-order valence-electron chi connectivity index (χ1n) is 6.09. The summed E-state index contributed by atoms with van der Waals surface area (Å²) < 4.78 is 6.27. The van der Waals surface area contributed by atoms with Gasteiger partial charge in [-0.05, 0) is 45.7 Å². The first-order valence-corrected chi connectivity index (χ1v) is 6.09. The molecule has 0 amide bonds. The van der Waals surface area contributed by atoms with E-state index in [9.17, 15) is 0 Å². The minimum Gasteiger partial charge on any atom is -0.370 e. The zero-order chi connectivity index (χ0) is 11.7. The van der Waals surface area contributed by atoms with E-state index in [0.717, 1.165) is 6.54 Å². The van der Waals surface area contributed by atoms with Gasteiger partial charge in [-0.3, -0.25) is 0 Å². The lowest BCUT2D eigenvalue weighted by molar-refractivity contribution is -0.144. The Labute approximate surface area is 95.0 Å². The van der Waals surface area contributed by atoms with E-state index >= 15 is 0 Å². The molecule has 0 aromatic heterocycles. The second kappa shape index (κ2) is 4.42. The van der Waals surface area contributed by atoms with E-state index in [0.29, 0.717) is 6.10 Å². The van der Waals surface area contributed by atoms with Gasteiger partial charge in [-0.25, -0.2) is 0 Å². The lowest BCUT2D eigenvalue weighted by Gasteiger charge is -2.43. The number of likely N-dealkylation sites (N-methyl/N-ethyl adjacent to an activating group) is 1. The smallest absolute Gasteiger partial charge is 0.0709 e. The molecule has 2 nitrogen and oxygen atoms in total. The second-order valence-corrected chi connectivity index (χ2v) is 6.40. The molecule has 0 aromatic rings. The fourth-order valence-electron chi connectivity index (χ4n) is 1.81. The average Bonchev–Trinajstić information content (AvgIpc) is 2.00. The minimum absolute atomic E-state index is 0.0458. The van der Waals surface area contributed by atoms with Crippen molar-refractivity contribution in [1.82, 2.24) is 4.90 Å². The van der Waals surface area contributed by atoms with E-state index in [1.165, 1.54) is 19.4 Å². The molecule has 0 spiro atoms. The molecule has 1 aliphatic rings. The molecular weight excluding hydrogens is 186 g/mol. The SMILES string of the molecule is CN1CCCC(OC(C)(C)C(C)(C)C)C1. The van der Waals surface area contributed by atoms with Gasteiger partial charge in [0.2, 0.25) is 0 Å². The summed E-state index contributed by atoms with van der Waals surface area (Å²) in [4.78, 5) is 2.37. The molecule has 15 heavy (non-hydrogen) atoms. The molecule has 1 aliphatic heterocycles. The van der Waals surface area contributed by atoms with Gasteiger partial charge < -0.3 is 9.64 Å². The van der Waals surface area contributed by atoms with Gasteiger partial charge in [0.05, 0.1) is 11.7 Å². The third kappa shape index (κ3) is 3.46. The first kappa shape index (κ1) is 13.0. The Balaban J connectivity index is 2.53. The van der Waals surface area contributed by atoms with Gasteiger partial charge in [-0.15, -0.1) is 0 Å². The van der Waals surface area contributed by atoms with Crippen molar-refractivity contribution in [2.45, 2.75) is 59.2 Å². The molecule has 0 N–H and O–H groups in total. The fraction of sp³-hybridized carbons (Fsp3) is 1.00. The van der Waals surface area contributed by atoms with Gasteiger partial charge in [0.15, 0.2) is 0 Å². The Bertz CT molecular complexity index is 205. The summed E-state index contributed by atoms with van der Waals surface area (Å²) in [7, 11) is 2.18. The summed E-state index contributed by atoms with van der Waals surface area (Å²) >= 11 is 0. The predicted molar refractivity (Wildman–Crippen MR) is 65.1 cm³/mol. The molecule has 1 fully saturated rings. The molecule has 90 valence electrons. The van der Waals surface area contributed by atoms with Crippen LogP contribution in [0.1, 0.15) is 47.5 Å².